The predicted molar refractivity (Wildman–Crippen MR) is 69.8 cm³/mol. The fourth-order valence-electron chi connectivity index (χ4n) is 2.34. The molecule has 1 N–H and O–H groups in total. The maximum absolute atomic E-state index is 4.44. The van der Waals surface area contributed by atoms with E-state index in [2.05, 4.69) is 38.0 Å². The molecule has 1 aromatic rings. The largest absolute Gasteiger partial charge is 0.305 e. The first-order chi connectivity index (χ1) is 7.56. The molecule has 3 heteroatoms. The number of aromatic nitrogens is 1. The van der Waals surface area contributed by atoms with E-state index in [-0.39, 0.29) is 0 Å². The van der Waals surface area contributed by atoms with Gasteiger partial charge < -0.3 is 5.32 Å². The van der Waals surface area contributed by atoms with Gasteiger partial charge in [0.15, 0.2) is 0 Å². The van der Waals surface area contributed by atoms with Gasteiger partial charge in [-0.2, -0.15) is 0 Å². The minimum Gasteiger partial charge on any atom is -0.305 e. The third-order valence-electron chi connectivity index (χ3n) is 3.61. The maximum Gasteiger partial charge on any atom is 0.109 e. The van der Waals surface area contributed by atoms with Crippen LogP contribution in [-0.2, 0) is 0 Å². The molecule has 1 unspecified atom stereocenters. The SMILES string of the molecule is Cc1cnc(C(C)NC2CC(C(C)C)C2)s1. The summed E-state index contributed by atoms with van der Waals surface area (Å²) in [6, 6.07) is 1.13. The molecular weight excluding hydrogens is 216 g/mol. The van der Waals surface area contributed by atoms with E-state index in [4.69, 9.17) is 0 Å². The third kappa shape index (κ3) is 2.64. The third-order valence-corrected chi connectivity index (χ3v) is 4.71. The second-order valence-electron chi connectivity index (χ2n) is 5.37. The number of hydrogen-bond acceptors (Lipinski definition) is 3. The Kier molecular flexibility index (Phi) is 3.65. The number of nitrogens with one attached hydrogen (secondary N) is 1. The zero-order valence-electron chi connectivity index (χ0n) is 10.7. The molecule has 0 aromatic carbocycles. The summed E-state index contributed by atoms with van der Waals surface area (Å²) in [5.74, 6) is 1.78. The highest BCUT2D eigenvalue weighted by molar-refractivity contribution is 7.11. The Morgan fingerprint density at radius 2 is 2.06 bits per heavy atom. The van der Waals surface area contributed by atoms with Crippen LogP contribution in [0.4, 0.5) is 0 Å². The Morgan fingerprint density at radius 1 is 1.38 bits per heavy atom. The van der Waals surface area contributed by atoms with Crippen LogP contribution in [0.3, 0.4) is 0 Å². The van der Waals surface area contributed by atoms with E-state index in [0.29, 0.717) is 12.1 Å². The molecule has 0 aliphatic heterocycles. The molecule has 2 rings (SSSR count). The molecule has 1 heterocycles. The Hall–Kier alpha value is -0.410. The number of aryl methyl sites for hydroxylation is 1. The second-order valence-corrected chi connectivity index (χ2v) is 6.64. The van der Waals surface area contributed by atoms with Crippen LogP contribution in [0.5, 0.6) is 0 Å². The normalized spacial score (nSPS) is 26.8. The maximum atomic E-state index is 4.44. The average Bonchev–Trinajstić information content (AvgIpc) is 2.56. The number of hydrogen-bond donors (Lipinski definition) is 1. The van der Waals surface area contributed by atoms with E-state index in [1.165, 1.54) is 22.7 Å². The molecule has 2 nitrogen and oxygen atoms in total. The summed E-state index contributed by atoms with van der Waals surface area (Å²) in [5.41, 5.74) is 0. The van der Waals surface area contributed by atoms with Gasteiger partial charge in [-0.25, -0.2) is 4.98 Å². The van der Waals surface area contributed by atoms with Gasteiger partial charge in [0, 0.05) is 17.1 Å². The summed E-state index contributed by atoms with van der Waals surface area (Å²) in [5, 5.41) is 4.91. The Balaban J connectivity index is 1.79. The van der Waals surface area contributed by atoms with Crippen LogP contribution in [0.15, 0.2) is 6.20 Å². The minimum atomic E-state index is 0.414. The summed E-state index contributed by atoms with van der Waals surface area (Å²) in [4.78, 5) is 5.74. The average molecular weight is 238 g/mol. The topological polar surface area (TPSA) is 24.9 Å². The molecule has 0 saturated heterocycles. The predicted octanol–water partition coefficient (Wildman–Crippen LogP) is 3.54. The lowest BCUT2D eigenvalue weighted by atomic mass is 9.73. The van der Waals surface area contributed by atoms with Crippen LogP contribution < -0.4 is 5.32 Å². The van der Waals surface area contributed by atoms with Crippen LogP contribution in [0.2, 0.25) is 0 Å². The fourth-order valence-corrected chi connectivity index (χ4v) is 3.13. The first kappa shape index (κ1) is 12.1. The molecule has 1 fully saturated rings. The summed E-state index contributed by atoms with van der Waals surface area (Å²) >= 11 is 1.81. The second kappa shape index (κ2) is 4.84. The quantitative estimate of drug-likeness (QED) is 0.868. The molecule has 90 valence electrons. The van der Waals surface area contributed by atoms with E-state index < -0.39 is 0 Å². The number of thiazole rings is 1. The molecule has 1 saturated carbocycles. The van der Waals surface area contributed by atoms with E-state index >= 15 is 0 Å². The standard InChI is InChI=1S/C13H22N2S/c1-8(2)11-5-12(6-11)15-10(4)13-14-7-9(3)16-13/h7-8,10-12,15H,5-6H2,1-4H3. The van der Waals surface area contributed by atoms with Gasteiger partial charge in [0.05, 0.1) is 6.04 Å². The van der Waals surface area contributed by atoms with Gasteiger partial charge in [0.2, 0.25) is 0 Å². The lowest BCUT2D eigenvalue weighted by molar-refractivity contribution is 0.159. The lowest BCUT2D eigenvalue weighted by Gasteiger charge is -2.39. The fraction of sp³-hybridized carbons (Fsp3) is 0.769. The molecule has 1 aliphatic rings. The molecule has 1 aliphatic carbocycles. The van der Waals surface area contributed by atoms with Gasteiger partial charge in [0.1, 0.15) is 5.01 Å². The Morgan fingerprint density at radius 3 is 2.56 bits per heavy atom. The highest BCUT2D eigenvalue weighted by atomic mass is 32.1. The zero-order chi connectivity index (χ0) is 11.7. The van der Waals surface area contributed by atoms with Crippen molar-refractivity contribution in [1.82, 2.24) is 10.3 Å². The number of nitrogens with zero attached hydrogens (tertiary/aromatic N) is 1. The summed E-state index contributed by atoms with van der Waals surface area (Å²) in [7, 11) is 0. The molecular formula is C13H22N2S. The van der Waals surface area contributed by atoms with Crippen molar-refractivity contribution < 1.29 is 0 Å². The molecule has 1 aromatic heterocycles. The van der Waals surface area contributed by atoms with Crippen LogP contribution >= 0.6 is 11.3 Å². The first-order valence-electron chi connectivity index (χ1n) is 6.24. The van der Waals surface area contributed by atoms with Crippen LogP contribution in [0, 0.1) is 18.8 Å². The van der Waals surface area contributed by atoms with E-state index in [1.54, 1.807) is 11.3 Å². The zero-order valence-corrected chi connectivity index (χ0v) is 11.5. The van der Waals surface area contributed by atoms with Crippen molar-refractivity contribution in [3.05, 3.63) is 16.1 Å². The minimum absolute atomic E-state index is 0.414. The van der Waals surface area contributed by atoms with E-state index in [9.17, 15) is 0 Å². The van der Waals surface area contributed by atoms with Crippen molar-refractivity contribution in [2.45, 2.75) is 52.6 Å². The summed E-state index contributed by atoms with van der Waals surface area (Å²) in [6.07, 6.45) is 4.65. The van der Waals surface area contributed by atoms with E-state index in [1.807, 2.05) is 6.20 Å². The van der Waals surface area contributed by atoms with Crippen molar-refractivity contribution >= 4 is 11.3 Å². The van der Waals surface area contributed by atoms with Gasteiger partial charge in [-0.1, -0.05) is 13.8 Å². The summed E-state index contributed by atoms with van der Waals surface area (Å²) < 4.78 is 0. The van der Waals surface area contributed by atoms with Gasteiger partial charge in [-0.15, -0.1) is 11.3 Å². The van der Waals surface area contributed by atoms with Crippen LogP contribution in [-0.4, -0.2) is 11.0 Å². The van der Waals surface area contributed by atoms with Crippen LogP contribution in [0.1, 0.15) is 49.5 Å². The highest BCUT2D eigenvalue weighted by Gasteiger charge is 2.32. The van der Waals surface area contributed by atoms with Crippen molar-refractivity contribution in [2.24, 2.45) is 11.8 Å². The molecule has 0 radical (unpaired) electrons. The van der Waals surface area contributed by atoms with Crippen LogP contribution in [0.25, 0.3) is 0 Å². The van der Waals surface area contributed by atoms with Crippen molar-refractivity contribution in [3.63, 3.8) is 0 Å². The molecule has 0 bridgehead atoms. The smallest absolute Gasteiger partial charge is 0.109 e. The van der Waals surface area contributed by atoms with Crippen molar-refractivity contribution in [2.75, 3.05) is 0 Å². The highest BCUT2D eigenvalue weighted by Crippen LogP contribution is 2.35. The van der Waals surface area contributed by atoms with Gasteiger partial charge in [0.25, 0.3) is 0 Å². The monoisotopic (exact) mass is 238 g/mol. The lowest BCUT2D eigenvalue weighted by Crippen LogP contribution is -2.43. The van der Waals surface area contributed by atoms with Gasteiger partial charge >= 0.3 is 0 Å². The van der Waals surface area contributed by atoms with Crippen molar-refractivity contribution in [3.8, 4) is 0 Å². The molecule has 16 heavy (non-hydrogen) atoms. The Bertz CT molecular complexity index is 339. The molecule has 0 amide bonds. The molecule has 0 spiro atoms. The van der Waals surface area contributed by atoms with E-state index in [0.717, 1.165) is 11.8 Å². The van der Waals surface area contributed by atoms with Gasteiger partial charge in [-0.05, 0) is 38.5 Å². The number of rotatable bonds is 4. The molecule has 1 atom stereocenters. The van der Waals surface area contributed by atoms with Crippen molar-refractivity contribution in [1.29, 1.82) is 0 Å². The first-order valence-corrected chi connectivity index (χ1v) is 7.06. The Labute approximate surface area is 102 Å². The van der Waals surface area contributed by atoms with Gasteiger partial charge in [-0.3, -0.25) is 0 Å². The summed E-state index contributed by atoms with van der Waals surface area (Å²) in [6.45, 7) is 9.00.